The number of hydrogen-bond acceptors (Lipinski definition) is 6. The molecule has 10 heteroatoms. The third kappa shape index (κ3) is 3.55. The lowest BCUT2D eigenvalue weighted by Crippen LogP contribution is -2.43. The summed E-state index contributed by atoms with van der Waals surface area (Å²) < 4.78 is 32.6. The number of rotatable bonds is 3. The van der Waals surface area contributed by atoms with Gasteiger partial charge in [0, 0.05) is 11.0 Å². The Labute approximate surface area is 117 Å². The first-order chi connectivity index (χ1) is 8.76. The van der Waals surface area contributed by atoms with Crippen molar-refractivity contribution in [2.45, 2.75) is 19.0 Å². The van der Waals surface area contributed by atoms with Gasteiger partial charge in [0.2, 0.25) is 0 Å². The lowest BCUT2D eigenvalue weighted by molar-refractivity contribution is 0.0527. The van der Waals surface area contributed by atoms with Gasteiger partial charge < -0.3 is 20.8 Å². The van der Waals surface area contributed by atoms with E-state index in [1.54, 1.807) is 12.1 Å². The van der Waals surface area contributed by atoms with Crippen LogP contribution in [0.25, 0.3) is 0 Å². The maximum absolute atomic E-state index is 10.7. The summed E-state index contributed by atoms with van der Waals surface area (Å²) in [6.07, 6.45) is -2.40. The van der Waals surface area contributed by atoms with Crippen molar-refractivity contribution in [3.8, 4) is 0 Å². The van der Waals surface area contributed by atoms with Gasteiger partial charge in [-0.3, -0.25) is 4.55 Å². The van der Waals surface area contributed by atoms with Crippen LogP contribution in [0.15, 0.2) is 16.6 Å². The second-order valence-electron chi connectivity index (χ2n) is 3.96. The number of hydrogen-bond donors (Lipinski definition) is 6. The Morgan fingerprint density at radius 1 is 1.26 bits per heavy atom. The molecule has 8 nitrogen and oxygen atoms in total. The molecule has 1 aromatic carbocycles. The first kappa shape index (κ1) is 14.5. The molecule has 1 aromatic rings. The fourth-order valence-corrected chi connectivity index (χ4v) is 2.56. The van der Waals surface area contributed by atoms with E-state index in [-0.39, 0.29) is 6.54 Å². The van der Waals surface area contributed by atoms with E-state index in [1.807, 2.05) is 4.72 Å². The number of halogens is 1. The van der Waals surface area contributed by atoms with Gasteiger partial charge in [-0.25, -0.2) is 0 Å². The number of anilines is 2. The summed E-state index contributed by atoms with van der Waals surface area (Å²) in [6.45, 7) is -0.169. The van der Waals surface area contributed by atoms with E-state index < -0.39 is 22.8 Å². The SMILES string of the molecule is O=S(=O)(O)NCc1cc(Br)cc2c1NC(O)C(O)N2. The van der Waals surface area contributed by atoms with Crippen molar-refractivity contribution in [3.63, 3.8) is 0 Å². The van der Waals surface area contributed by atoms with Crippen LogP contribution in [0.3, 0.4) is 0 Å². The van der Waals surface area contributed by atoms with Crippen molar-refractivity contribution in [3.05, 3.63) is 22.2 Å². The molecule has 0 bridgehead atoms. The third-order valence-electron chi connectivity index (χ3n) is 2.52. The minimum absolute atomic E-state index is 0.169. The van der Waals surface area contributed by atoms with Gasteiger partial charge in [0.05, 0.1) is 11.4 Å². The molecule has 6 N–H and O–H groups in total. The molecule has 2 rings (SSSR count). The van der Waals surface area contributed by atoms with Crippen LogP contribution in [-0.2, 0) is 16.8 Å². The molecule has 0 saturated carbocycles. The molecule has 2 atom stereocenters. The number of nitrogens with one attached hydrogen (secondary N) is 3. The van der Waals surface area contributed by atoms with Gasteiger partial charge in [-0.15, -0.1) is 0 Å². The van der Waals surface area contributed by atoms with Gasteiger partial charge in [-0.2, -0.15) is 13.1 Å². The van der Waals surface area contributed by atoms with Crippen molar-refractivity contribution < 1.29 is 23.2 Å². The summed E-state index contributed by atoms with van der Waals surface area (Å²) in [7, 11) is -4.31. The second-order valence-corrected chi connectivity index (χ2v) is 6.12. The average Bonchev–Trinajstić information content (AvgIpc) is 2.27. The van der Waals surface area contributed by atoms with Crippen molar-refractivity contribution >= 4 is 37.6 Å². The Morgan fingerprint density at radius 3 is 2.53 bits per heavy atom. The van der Waals surface area contributed by atoms with E-state index in [0.717, 1.165) is 0 Å². The van der Waals surface area contributed by atoms with E-state index in [4.69, 9.17) is 4.55 Å². The Hall–Kier alpha value is -0.910. The molecule has 1 aliphatic heterocycles. The highest BCUT2D eigenvalue weighted by molar-refractivity contribution is 9.10. The van der Waals surface area contributed by atoms with Crippen LogP contribution >= 0.6 is 15.9 Å². The summed E-state index contributed by atoms with van der Waals surface area (Å²) in [4.78, 5) is 0. The van der Waals surface area contributed by atoms with Crippen LogP contribution in [0.5, 0.6) is 0 Å². The molecule has 0 radical (unpaired) electrons. The largest absolute Gasteiger partial charge is 0.369 e. The van der Waals surface area contributed by atoms with Gasteiger partial charge >= 0.3 is 10.3 Å². The van der Waals surface area contributed by atoms with Crippen LogP contribution < -0.4 is 15.4 Å². The highest BCUT2D eigenvalue weighted by Gasteiger charge is 2.26. The molecule has 106 valence electrons. The zero-order valence-electron chi connectivity index (χ0n) is 9.46. The standard InChI is InChI=1S/C9H12BrN3O5S/c10-5-1-4(3-11-19(16,17)18)7-6(2-5)12-8(14)9(15)13-7/h1-2,8-9,11-15H,3H2,(H,16,17,18). The molecule has 1 aliphatic rings. The van der Waals surface area contributed by atoms with Gasteiger partial charge in [-0.05, 0) is 17.7 Å². The van der Waals surface area contributed by atoms with Crippen LogP contribution in [-0.4, -0.2) is 35.6 Å². The fourth-order valence-electron chi connectivity index (χ4n) is 1.72. The maximum atomic E-state index is 10.7. The first-order valence-electron chi connectivity index (χ1n) is 5.20. The number of aliphatic hydroxyl groups is 2. The van der Waals surface area contributed by atoms with E-state index in [1.165, 1.54) is 0 Å². The zero-order chi connectivity index (χ0) is 14.2. The molecule has 2 unspecified atom stereocenters. The summed E-state index contributed by atoms with van der Waals surface area (Å²) in [5.41, 5.74) is 1.43. The Bertz CT molecular complexity index is 594. The summed E-state index contributed by atoms with van der Waals surface area (Å²) in [6, 6.07) is 3.28. The molecule has 0 aromatic heterocycles. The van der Waals surface area contributed by atoms with Gasteiger partial charge in [0.15, 0.2) is 12.5 Å². The van der Waals surface area contributed by atoms with Crippen LogP contribution in [0.4, 0.5) is 11.4 Å². The number of fused-ring (bicyclic) bond motifs is 1. The topological polar surface area (TPSA) is 131 Å². The van der Waals surface area contributed by atoms with E-state index in [0.29, 0.717) is 21.4 Å². The van der Waals surface area contributed by atoms with Crippen molar-refractivity contribution in [2.24, 2.45) is 0 Å². The Balaban J connectivity index is 2.34. The molecular weight excluding hydrogens is 342 g/mol. The molecule has 0 aliphatic carbocycles. The summed E-state index contributed by atoms with van der Waals surface area (Å²) >= 11 is 3.25. The molecule has 1 heterocycles. The first-order valence-corrected chi connectivity index (χ1v) is 7.43. The highest BCUT2D eigenvalue weighted by Crippen LogP contribution is 2.34. The minimum atomic E-state index is -4.31. The van der Waals surface area contributed by atoms with E-state index >= 15 is 0 Å². The molecule has 0 saturated heterocycles. The molecule has 19 heavy (non-hydrogen) atoms. The fraction of sp³-hybridized carbons (Fsp3) is 0.333. The number of benzene rings is 1. The van der Waals surface area contributed by atoms with E-state index in [2.05, 4.69) is 26.6 Å². The Morgan fingerprint density at radius 2 is 1.89 bits per heavy atom. The lowest BCUT2D eigenvalue weighted by atomic mass is 10.1. The van der Waals surface area contributed by atoms with Crippen LogP contribution in [0.2, 0.25) is 0 Å². The molecular formula is C9H12BrN3O5S. The lowest BCUT2D eigenvalue weighted by Gasteiger charge is -2.31. The molecule has 0 spiro atoms. The third-order valence-corrected chi connectivity index (χ3v) is 3.49. The quantitative estimate of drug-likeness (QED) is 0.415. The predicted octanol–water partition coefficient (Wildman–Crippen LogP) is -0.184. The smallest absolute Gasteiger partial charge is 0.333 e. The maximum Gasteiger partial charge on any atom is 0.333 e. The van der Waals surface area contributed by atoms with E-state index in [9.17, 15) is 18.6 Å². The number of aliphatic hydroxyl groups excluding tert-OH is 2. The molecule has 0 fully saturated rings. The van der Waals surface area contributed by atoms with Gasteiger partial charge in [-0.1, -0.05) is 15.9 Å². The normalized spacial score (nSPS) is 22.3. The van der Waals surface area contributed by atoms with Crippen molar-refractivity contribution in [1.29, 1.82) is 0 Å². The average molecular weight is 354 g/mol. The predicted molar refractivity (Wildman–Crippen MR) is 71.8 cm³/mol. The van der Waals surface area contributed by atoms with Gasteiger partial charge in [0.1, 0.15) is 0 Å². The van der Waals surface area contributed by atoms with Crippen LogP contribution in [0, 0.1) is 0 Å². The second kappa shape index (κ2) is 5.23. The van der Waals surface area contributed by atoms with Crippen LogP contribution in [0.1, 0.15) is 5.56 Å². The van der Waals surface area contributed by atoms with Crippen molar-refractivity contribution in [1.82, 2.24) is 4.72 Å². The van der Waals surface area contributed by atoms with Gasteiger partial charge in [0.25, 0.3) is 0 Å². The molecule has 0 amide bonds. The van der Waals surface area contributed by atoms with Crippen molar-refractivity contribution in [2.75, 3.05) is 10.6 Å². The zero-order valence-corrected chi connectivity index (χ0v) is 11.9. The highest BCUT2D eigenvalue weighted by atomic mass is 79.9. The summed E-state index contributed by atoms with van der Waals surface area (Å²) in [5, 5.41) is 24.3. The monoisotopic (exact) mass is 353 g/mol. The Kier molecular flexibility index (Phi) is 3.99. The minimum Gasteiger partial charge on any atom is -0.369 e. The summed E-state index contributed by atoms with van der Waals surface area (Å²) in [5.74, 6) is 0.